The molecular weight excluding hydrogens is 380 g/mol. The third-order valence-electron chi connectivity index (χ3n) is 5.58. The van der Waals surface area contributed by atoms with Crippen LogP contribution >= 0.6 is 0 Å². The van der Waals surface area contributed by atoms with Gasteiger partial charge in [-0.3, -0.25) is 0 Å². The third-order valence-corrected chi connectivity index (χ3v) is 6.05. The minimum Gasteiger partial charge on any atom is -0.382 e. The maximum Gasteiger partial charge on any atom is 0.306 e. The molecule has 152 valence electrons. The Morgan fingerprint density at radius 3 is 1.72 bits per heavy atom. The van der Waals surface area contributed by atoms with Gasteiger partial charge >= 0.3 is 10.1 Å². The second-order valence-corrected chi connectivity index (χ2v) is 11.7. The Balaban J connectivity index is 2.19. The molecule has 0 saturated heterocycles. The largest absolute Gasteiger partial charge is 0.382 e. The molecule has 4 aromatic rings. The Morgan fingerprint density at radius 1 is 0.724 bits per heavy atom. The number of benzene rings is 4. The highest BCUT2D eigenvalue weighted by Gasteiger charge is 2.26. The highest BCUT2D eigenvalue weighted by atomic mass is 32.2. The predicted molar refractivity (Wildman–Crippen MR) is 123 cm³/mol. The molecule has 0 aliphatic carbocycles. The van der Waals surface area contributed by atoms with Crippen LogP contribution in [0.3, 0.4) is 0 Å². The Morgan fingerprint density at radius 2 is 1.24 bits per heavy atom. The van der Waals surface area contributed by atoms with Crippen molar-refractivity contribution in [3.05, 3.63) is 53.6 Å². The zero-order chi connectivity index (χ0) is 21.4. The molecule has 0 spiro atoms. The summed E-state index contributed by atoms with van der Waals surface area (Å²) in [6.07, 6.45) is 1.10. The lowest BCUT2D eigenvalue weighted by atomic mass is 9.80. The van der Waals surface area contributed by atoms with E-state index in [9.17, 15) is 8.42 Å². The van der Waals surface area contributed by atoms with E-state index in [1.807, 2.05) is 6.07 Å². The van der Waals surface area contributed by atoms with Crippen LogP contribution in [0.2, 0.25) is 0 Å². The van der Waals surface area contributed by atoms with Crippen molar-refractivity contribution in [1.82, 2.24) is 0 Å². The third kappa shape index (κ3) is 3.44. The van der Waals surface area contributed by atoms with Crippen LogP contribution in [0.5, 0.6) is 5.75 Å². The van der Waals surface area contributed by atoms with Gasteiger partial charge in [-0.25, -0.2) is 0 Å². The first kappa shape index (κ1) is 20.0. The van der Waals surface area contributed by atoms with Crippen molar-refractivity contribution < 1.29 is 12.6 Å². The minimum absolute atomic E-state index is 0.0500. The zero-order valence-electron chi connectivity index (χ0n) is 18.2. The van der Waals surface area contributed by atoms with Crippen LogP contribution in [-0.2, 0) is 20.9 Å². The maximum absolute atomic E-state index is 12.1. The first-order valence-electron chi connectivity index (χ1n) is 9.92. The van der Waals surface area contributed by atoms with E-state index in [-0.39, 0.29) is 10.8 Å². The fraction of sp³-hybridized carbons (Fsp3) is 0.360. The molecule has 3 nitrogen and oxygen atoms in total. The fourth-order valence-electron chi connectivity index (χ4n) is 4.10. The summed E-state index contributed by atoms with van der Waals surface area (Å²) in [5.41, 5.74) is 1.97. The number of hydrogen-bond donors (Lipinski definition) is 0. The van der Waals surface area contributed by atoms with Gasteiger partial charge in [-0.15, -0.1) is 0 Å². The van der Waals surface area contributed by atoms with E-state index >= 15 is 0 Å². The van der Waals surface area contributed by atoms with Crippen molar-refractivity contribution in [2.75, 3.05) is 6.26 Å². The summed E-state index contributed by atoms with van der Waals surface area (Å²) in [5.74, 6) is 0.446. The van der Waals surface area contributed by atoms with Crippen LogP contribution in [-0.4, -0.2) is 14.7 Å². The molecule has 0 amide bonds. The predicted octanol–water partition coefficient (Wildman–Crippen LogP) is 6.52. The van der Waals surface area contributed by atoms with E-state index < -0.39 is 10.1 Å². The standard InChI is InChI=1S/C25H28O3S/c1-24(2,3)18-12-15-8-9-17-14-20(25(4,5)6)23(28-29(7,26)27)19-11-10-16(13-18)21(15)22(17)19/h8-14H,1-7H3. The van der Waals surface area contributed by atoms with E-state index in [4.69, 9.17) is 4.18 Å². The Hall–Kier alpha value is -2.33. The normalized spacial score (nSPS) is 13.6. The van der Waals surface area contributed by atoms with Gasteiger partial charge < -0.3 is 4.18 Å². The number of rotatable bonds is 2. The van der Waals surface area contributed by atoms with Crippen LogP contribution in [0.15, 0.2) is 42.5 Å². The molecule has 0 unspecified atom stereocenters. The summed E-state index contributed by atoms with van der Waals surface area (Å²) in [6, 6.07) is 15.0. The van der Waals surface area contributed by atoms with Crippen molar-refractivity contribution in [3.63, 3.8) is 0 Å². The molecule has 0 atom stereocenters. The minimum atomic E-state index is -3.65. The smallest absolute Gasteiger partial charge is 0.306 e. The zero-order valence-corrected chi connectivity index (χ0v) is 19.0. The summed E-state index contributed by atoms with van der Waals surface area (Å²) in [6.45, 7) is 12.9. The summed E-state index contributed by atoms with van der Waals surface area (Å²) < 4.78 is 29.7. The molecule has 0 radical (unpaired) electrons. The van der Waals surface area contributed by atoms with Gasteiger partial charge in [0.15, 0.2) is 5.75 Å². The summed E-state index contributed by atoms with van der Waals surface area (Å²) in [5, 5.41) is 6.50. The first-order chi connectivity index (χ1) is 13.3. The molecule has 4 heteroatoms. The Bertz CT molecular complexity index is 1330. The molecule has 0 bridgehead atoms. The molecule has 0 fully saturated rings. The highest BCUT2D eigenvalue weighted by molar-refractivity contribution is 7.86. The maximum atomic E-state index is 12.1. The van der Waals surface area contributed by atoms with E-state index in [1.165, 1.54) is 16.3 Å². The number of hydrogen-bond acceptors (Lipinski definition) is 3. The molecule has 4 rings (SSSR count). The van der Waals surface area contributed by atoms with Crippen LogP contribution in [0.1, 0.15) is 52.7 Å². The van der Waals surface area contributed by atoms with Gasteiger partial charge in [-0.2, -0.15) is 8.42 Å². The van der Waals surface area contributed by atoms with Crippen molar-refractivity contribution in [2.45, 2.75) is 52.4 Å². The molecule has 4 aromatic carbocycles. The van der Waals surface area contributed by atoms with E-state index in [0.717, 1.165) is 33.4 Å². The first-order valence-corrected chi connectivity index (χ1v) is 11.7. The Labute approximate surface area is 173 Å². The van der Waals surface area contributed by atoms with E-state index in [0.29, 0.717) is 5.75 Å². The van der Waals surface area contributed by atoms with Crippen LogP contribution in [0.4, 0.5) is 0 Å². The summed E-state index contributed by atoms with van der Waals surface area (Å²) >= 11 is 0. The van der Waals surface area contributed by atoms with Crippen molar-refractivity contribution >= 4 is 42.4 Å². The van der Waals surface area contributed by atoms with Gasteiger partial charge in [0.2, 0.25) is 0 Å². The average molecular weight is 409 g/mol. The van der Waals surface area contributed by atoms with Crippen LogP contribution in [0, 0.1) is 0 Å². The van der Waals surface area contributed by atoms with Crippen LogP contribution < -0.4 is 4.18 Å². The molecule has 0 heterocycles. The van der Waals surface area contributed by atoms with Crippen molar-refractivity contribution in [1.29, 1.82) is 0 Å². The van der Waals surface area contributed by atoms with Gasteiger partial charge in [-0.05, 0) is 50.1 Å². The van der Waals surface area contributed by atoms with E-state index in [1.54, 1.807) is 0 Å². The lowest BCUT2D eigenvalue weighted by molar-refractivity contribution is 0.480. The topological polar surface area (TPSA) is 43.4 Å². The summed E-state index contributed by atoms with van der Waals surface area (Å²) in [7, 11) is -3.65. The molecule has 0 aromatic heterocycles. The van der Waals surface area contributed by atoms with Gasteiger partial charge in [0.25, 0.3) is 0 Å². The second kappa shape index (κ2) is 6.09. The second-order valence-electron chi connectivity index (χ2n) is 10.1. The lowest BCUT2D eigenvalue weighted by Crippen LogP contribution is -2.16. The van der Waals surface area contributed by atoms with Crippen molar-refractivity contribution in [3.8, 4) is 5.75 Å². The lowest BCUT2D eigenvalue weighted by Gasteiger charge is -2.26. The van der Waals surface area contributed by atoms with Gasteiger partial charge in [-0.1, -0.05) is 71.9 Å². The molecule has 0 aliphatic heterocycles. The highest BCUT2D eigenvalue weighted by Crippen LogP contribution is 2.45. The molecule has 0 aliphatic rings. The fourth-order valence-corrected chi connectivity index (χ4v) is 4.58. The molecule has 0 saturated carbocycles. The molecular formula is C25H28O3S. The SMILES string of the molecule is CC(C)(C)c1cc2ccc3cc(C(C)(C)C)c(OS(C)(=O)=O)c4ccc(c1)c2c34. The van der Waals surface area contributed by atoms with Crippen molar-refractivity contribution in [2.24, 2.45) is 0 Å². The Kier molecular flexibility index (Phi) is 4.19. The quantitative estimate of drug-likeness (QED) is 0.280. The van der Waals surface area contributed by atoms with Gasteiger partial charge in [0.1, 0.15) is 0 Å². The van der Waals surface area contributed by atoms with Gasteiger partial charge in [0.05, 0.1) is 6.26 Å². The summed E-state index contributed by atoms with van der Waals surface area (Å²) in [4.78, 5) is 0. The molecule has 0 N–H and O–H groups in total. The van der Waals surface area contributed by atoms with Gasteiger partial charge in [0, 0.05) is 16.3 Å². The average Bonchev–Trinajstić information content (AvgIpc) is 2.57. The van der Waals surface area contributed by atoms with Crippen LogP contribution in [0.25, 0.3) is 32.3 Å². The monoisotopic (exact) mass is 408 g/mol. The molecule has 29 heavy (non-hydrogen) atoms. The van der Waals surface area contributed by atoms with E-state index in [2.05, 4.69) is 77.9 Å².